The number of hydrogen-bond acceptors (Lipinski definition) is 3. The van der Waals surface area contributed by atoms with Crippen molar-refractivity contribution in [3.05, 3.63) is 29.8 Å². The van der Waals surface area contributed by atoms with Crippen LogP contribution in [0.4, 0.5) is 4.79 Å². The lowest BCUT2D eigenvalue weighted by molar-refractivity contribution is 0.187. The van der Waals surface area contributed by atoms with Gasteiger partial charge in [-0.2, -0.15) is 0 Å². The molecule has 1 N–H and O–H groups in total. The van der Waals surface area contributed by atoms with Crippen molar-refractivity contribution >= 4 is 15.9 Å². The zero-order chi connectivity index (χ0) is 17.0. The lowest BCUT2D eigenvalue weighted by Gasteiger charge is -2.31. The molecule has 1 fully saturated rings. The van der Waals surface area contributed by atoms with E-state index >= 15 is 0 Å². The molecule has 1 aliphatic rings. The highest BCUT2D eigenvalue weighted by Crippen LogP contribution is 2.26. The first kappa shape index (κ1) is 17.8. The fraction of sp³-hybridized carbons (Fsp3) is 0.588. The van der Waals surface area contributed by atoms with E-state index in [0.717, 1.165) is 5.56 Å². The highest BCUT2D eigenvalue weighted by molar-refractivity contribution is 7.92. The van der Waals surface area contributed by atoms with Gasteiger partial charge >= 0.3 is 6.03 Å². The van der Waals surface area contributed by atoms with Crippen LogP contribution in [-0.4, -0.2) is 44.2 Å². The van der Waals surface area contributed by atoms with Gasteiger partial charge in [0.25, 0.3) is 0 Å². The highest BCUT2D eigenvalue weighted by atomic mass is 32.2. The van der Waals surface area contributed by atoms with Crippen LogP contribution in [0.3, 0.4) is 0 Å². The van der Waals surface area contributed by atoms with Gasteiger partial charge in [0.2, 0.25) is 0 Å². The van der Waals surface area contributed by atoms with Crippen LogP contribution >= 0.6 is 0 Å². The van der Waals surface area contributed by atoms with Crippen molar-refractivity contribution in [1.29, 1.82) is 0 Å². The summed E-state index contributed by atoms with van der Waals surface area (Å²) in [6.07, 6.45) is 0.983. The molecule has 23 heavy (non-hydrogen) atoms. The Bertz CT molecular complexity index is 630. The van der Waals surface area contributed by atoms with Gasteiger partial charge in [0, 0.05) is 19.6 Å². The zero-order valence-corrected chi connectivity index (χ0v) is 14.9. The second-order valence-electron chi connectivity index (χ2n) is 6.29. The van der Waals surface area contributed by atoms with Crippen molar-refractivity contribution in [2.45, 2.75) is 49.7 Å². The normalized spacial score (nSPS) is 16.6. The summed E-state index contributed by atoms with van der Waals surface area (Å²) in [5.74, 6) is 0.382. The number of urea groups is 1. The van der Waals surface area contributed by atoms with Crippen LogP contribution in [-0.2, 0) is 9.84 Å². The van der Waals surface area contributed by atoms with E-state index in [9.17, 15) is 13.2 Å². The monoisotopic (exact) mass is 338 g/mol. The molecule has 5 nitrogen and oxygen atoms in total. The first-order chi connectivity index (χ1) is 10.9. The molecule has 2 rings (SSSR count). The molecule has 1 aromatic rings. The molecule has 0 spiro atoms. The number of piperidine rings is 1. The van der Waals surface area contributed by atoms with E-state index in [1.807, 2.05) is 19.1 Å². The Balaban J connectivity index is 2.05. The lowest BCUT2D eigenvalue weighted by Crippen LogP contribution is -2.46. The fourth-order valence-electron chi connectivity index (χ4n) is 2.87. The summed E-state index contributed by atoms with van der Waals surface area (Å²) in [6.45, 7) is 7.59. The second kappa shape index (κ2) is 7.34. The molecule has 1 saturated heterocycles. The summed E-state index contributed by atoms with van der Waals surface area (Å²) >= 11 is 0. The van der Waals surface area contributed by atoms with Crippen LogP contribution in [0.5, 0.6) is 0 Å². The van der Waals surface area contributed by atoms with E-state index in [1.54, 1.807) is 17.0 Å². The van der Waals surface area contributed by atoms with Crippen molar-refractivity contribution in [2.75, 3.05) is 19.6 Å². The molecule has 1 heterocycles. The average molecular weight is 338 g/mol. The van der Waals surface area contributed by atoms with E-state index in [2.05, 4.69) is 19.2 Å². The molecule has 0 aliphatic carbocycles. The maximum atomic E-state index is 12.8. The second-order valence-corrected chi connectivity index (χ2v) is 8.52. The van der Waals surface area contributed by atoms with Crippen LogP contribution in [0.15, 0.2) is 29.2 Å². The summed E-state index contributed by atoms with van der Waals surface area (Å²) < 4.78 is 25.5. The predicted octanol–water partition coefficient (Wildman–Crippen LogP) is 2.78. The number of likely N-dealkylation sites (tertiary alicyclic amines) is 1. The van der Waals surface area contributed by atoms with Crippen molar-refractivity contribution in [2.24, 2.45) is 0 Å². The van der Waals surface area contributed by atoms with Crippen LogP contribution < -0.4 is 5.32 Å². The minimum Gasteiger partial charge on any atom is -0.338 e. The van der Waals surface area contributed by atoms with Crippen LogP contribution in [0.1, 0.15) is 45.1 Å². The molecule has 0 atom stereocenters. The van der Waals surface area contributed by atoms with Gasteiger partial charge in [-0.3, -0.25) is 0 Å². The predicted molar refractivity (Wildman–Crippen MR) is 91.4 cm³/mol. The van der Waals surface area contributed by atoms with E-state index in [0.29, 0.717) is 43.3 Å². The molecule has 0 unspecified atom stereocenters. The smallest absolute Gasteiger partial charge is 0.317 e. The van der Waals surface area contributed by atoms with Gasteiger partial charge in [-0.25, -0.2) is 13.2 Å². The molecule has 0 saturated carbocycles. The number of amides is 2. The number of benzene rings is 1. The summed E-state index contributed by atoms with van der Waals surface area (Å²) in [5.41, 5.74) is 1.13. The number of nitrogens with zero attached hydrogens (tertiary/aromatic N) is 1. The molecular formula is C17H26N2O3S. The summed E-state index contributed by atoms with van der Waals surface area (Å²) in [5, 5.41) is 2.35. The molecule has 2 amide bonds. The quantitative estimate of drug-likeness (QED) is 0.918. The minimum atomic E-state index is -3.32. The van der Waals surface area contributed by atoms with Crippen molar-refractivity contribution in [3.63, 3.8) is 0 Å². The van der Waals surface area contributed by atoms with Gasteiger partial charge in [-0.1, -0.05) is 26.0 Å². The highest BCUT2D eigenvalue weighted by Gasteiger charge is 2.32. The van der Waals surface area contributed by atoms with E-state index in [-0.39, 0.29) is 6.03 Å². The number of carbonyl (C=O) groups is 1. The minimum absolute atomic E-state index is 0.107. The Morgan fingerprint density at radius 2 is 1.78 bits per heavy atom. The first-order valence-electron chi connectivity index (χ1n) is 8.23. The summed E-state index contributed by atoms with van der Waals surface area (Å²) in [6, 6.07) is 7.09. The van der Waals surface area contributed by atoms with E-state index in [4.69, 9.17) is 0 Å². The van der Waals surface area contributed by atoms with Gasteiger partial charge < -0.3 is 10.2 Å². The van der Waals surface area contributed by atoms with Crippen LogP contribution in [0.25, 0.3) is 0 Å². The third-order valence-corrected chi connectivity index (χ3v) is 6.65. The standard InChI is InChI=1S/C17H26N2O3S/c1-4-18-17(20)19-11-9-16(10-12-19)23(21,22)15-7-5-14(6-8-15)13(2)3/h5-8,13,16H,4,9-12H2,1-3H3,(H,18,20). The number of nitrogens with one attached hydrogen (secondary N) is 1. The van der Waals surface area contributed by atoms with Gasteiger partial charge in [-0.05, 0) is 43.4 Å². The maximum Gasteiger partial charge on any atom is 0.317 e. The van der Waals surface area contributed by atoms with Crippen molar-refractivity contribution in [1.82, 2.24) is 10.2 Å². The maximum absolute atomic E-state index is 12.8. The summed E-state index contributed by atoms with van der Waals surface area (Å²) in [4.78, 5) is 13.9. The topological polar surface area (TPSA) is 66.5 Å². The number of rotatable bonds is 4. The molecular weight excluding hydrogens is 312 g/mol. The third-order valence-electron chi connectivity index (χ3n) is 4.37. The molecule has 1 aromatic carbocycles. The number of hydrogen-bond donors (Lipinski definition) is 1. The molecule has 128 valence electrons. The Kier molecular flexibility index (Phi) is 5.68. The first-order valence-corrected chi connectivity index (χ1v) is 9.77. The Labute approximate surface area is 139 Å². The SMILES string of the molecule is CCNC(=O)N1CCC(S(=O)(=O)c2ccc(C(C)C)cc2)CC1. The Morgan fingerprint density at radius 3 is 2.26 bits per heavy atom. The third kappa shape index (κ3) is 4.05. The van der Waals surface area contributed by atoms with Crippen molar-refractivity contribution < 1.29 is 13.2 Å². The number of sulfone groups is 1. The Morgan fingerprint density at radius 1 is 1.22 bits per heavy atom. The fourth-order valence-corrected chi connectivity index (χ4v) is 4.60. The lowest BCUT2D eigenvalue weighted by atomic mass is 10.0. The molecule has 0 bridgehead atoms. The van der Waals surface area contributed by atoms with Crippen LogP contribution in [0.2, 0.25) is 0 Å². The number of carbonyl (C=O) groups excluding carboxylic acids is 1. The van der Waals surface area contributed by atoms with Gasteiger partial charge in [0.05, 0.1) is 10.1 Å². The van der Waals surface area contributed by atoms with Gasteiger partial charge in [0.1, 0.15) is 0 Å². The van der Waals surface area contributed by atoms with Crippen LogP contribution in [0, 0.1) is 0 Å². The largest absolute Gasteiger partial charge is 0.338 e. The van der Waals surface area contributed by atoms with Gasteiger partial charge in [-0.15, -0.1) is 0 Å². The zero-order valence-electron chi connectivity index (χ0n) is 14.1. The molecule has 6 heteroatoms. The van der Waals surface area contributed by atoms with E-state index in [1.165, 1.54) is 0 Å². The summed E-state index contributed by atoms with van der Waals surface area (Å²) in [7, 11) is -3.32. The van der Waals surface area contributed by atoms with Crippen molar-refractivity contribution in [3.8, 4) is 0 Å². The molecule has 1 aliphatic heterocycles. The van der Waals surface area contributed by atoms with E-state index < -0.39 is 15.1 Å². The van der Waals surface area contributed by atoms with Gasteiger partial charge in [0.15, 0.2) is 9.84 Å². The Hall–Kier alpha value is -1.56. The molecule has 0 radical (unpaired) electrons. The average Bonchev–Trinajstić information content (AvgIpc) is 2.55. The molecule has 0 aromatic heterocycles.